The third-order valence-corrected chi connectivity index (χ3v) is 2.46. The molecule has 0 aliphatic heterocycles. The molecule has 0 bridgehead atoms. The van der Waals surface area contributed by atoms with Crippen LogP contribution < -0.4 is 9.47 Å². The van der Waals surface area contributed by atoms with E-state index in [4.69, 9.17) is 26.2 Å². The Balaban J connectivity index is 3.05. The number of ether oxygens (including phenoxy) is 2. The highest BCUT2D eigenvalue weighted by molar-refractivity contribution is 6.32. The first kappa shape index (κ1) is 12.1. The minimum atomic E-state index is 0.161. The molecule has 15 heavy (non-hydrogen) atoms. The van der Waals surface area contributed by atoms with Gasteiger partial charge in [-0.05, 0) is 24.5 Å². The summed E-state index contributed by atoms with van der Waals surface area (Å²) in [5.74, 6) is 1.20. The number of benzene rings is 1. The summed E-state index contributed by atoms with van der Waals surface area (Å²) in [6, 6.07) is 3.66. The van der Waals surface area contributed by atoms with Crippen molar-refractivity contribution >= 4 is 11.6 Å². The largest absolute Gasteiger partial charge is 0.493 e. The molecule has 3 nitrogen and oxygen atoms in total. The topological polar surface area (TPSA) is 38.7 Å². The van der Waals surface area contributed by atoms with Gasteiger partial charge < -0.3 is 14.6 Å². The Kier molecular flexibility index (Phi) is 4.72. The molecule has 1 N–H and O–H groups in total. The van der Waals surface area contributed by atoms with Crippen LogP contribution >= 0.6 is 11.6 Å². The molecule has 0 amide bonds. The smallest absolute Gasteiger partial charge is 0.179 e. The molecule has 0 heterocycles. The van der Waals surface area contributed by atoms with E-state index < -0.39 is 0 Å². The van der Waals surface area contributed by atoms with Gasteiger partial charge in [0.05, 0.1) is 19.2 Å². The second kappa shape index (κ2) is 5.83. The molecule has 0 fully saturated rings. The van der Waals surface area contributed by atoms with Crippen molar-refractivity contribution in [1.29, 1.82) is 0 Å². The van der Waals surface area contributed by atoms with Crippen molar-refractivity contribution in [2.75, 3.05) is 20.8 Å². The zero-order valence-corrected chi connectivity index (χ0v) is 9.67. The maximum Gasteiger partial charge on any atom is 0.179 e. The van der Waals surface area contributed by atoms with Gasteiger partial charge in [-0.2, -0.15) is 0 Å². The van der Waals surface area contributed by atoms with Crippen molar-refractivity contribution < 1.29 is 14.6 Å². The number of aliphatic hydroxyl groups is 1. The molecular weight excluding hydrogens is 216 g/mol. The van der Waals surface area contributed by atoms with E-state index in [9.17, 15) is 0 Å². The fourth-order valence-electron chi connectivity index (χ4n) is 1.46. The van der Waals surface area contributed by atoms with Gasteiger partial charge in [-0.25, -0.2) is 0 Å². The molecule has 0 saturated carbocycles. The molecule has 1 rings (SSSR count). The second-order valence-corrected chi connectivity index (χ2v) is 3.51. The molecule has 0 aromatic heterocycles. The first-order valence-electron chi connectivity index (χ1n) is 4.74. The second-order valence-electron chi connectivity index (χ2n) is 3.10. The maximum absolute atomic E-state index is 8.77. The lowest BCUT2D eigenvalue weighted by Gasteiger charge is -2.13. The van der Waals surface area contributed by atoms with Gasteiger partial charge in [0.1, 0.15) is 0 Å². The third kappa shape index (κ3) is 2.76. The van der Waals surface area contributed by atoms with Crippen molar-refractivity contribution in [1.82, 2.24) is 0 Å². The number of hydrogen-bond acceptors (Lipinski definition) is 3. The van der Waals surface area contributed by atoms with Gasteiger partial charge in [0.15, 0.2) is 11.5 Å². The van der Waals surface area contributed by atoms with E-state index in [1.807, 2.05) is 6.07 Å². The lowest BCUT2D eigenvalue weighted by molar-refractivity contribution is 0.287. The first-order valence-corrected chi connectivity index (χ1v) is 5.12. The highest BCUT2D eigenvalue weighted by atomic mass is 35.5. The molecule has 0 spiro atoms. The Morgan fingerprint density at radius 1 is 1.20 bits per heavy atom. The summed E-state index contributed by atoms with van der Waals surface area (Å²) >= 11 is 5.96. The van der Waals surface area contributed by atoms with E-state index in [2.05, 4.69) is 0 Å². The summed E-state index contributed by atoms with van der Waals surface area (Å²) in [5, 5.41) is 9.30. The average Bonchev–Trinajstić information content (AvgIpc) is 2.26. The lowest BCUT2D eigenvalue weighted by Crippen LogP contribution is -1.98. The van der Waals surface area contributed by atoms with E-state index in [1.165, 1.54) is 0 Å². The molecule has 1 aromatic rings. The normalized spacial score (nSPS) is 10.1. The van der Waals surface area contributed by atoms with Crippen molar-refractivity contribution in [3.8, 4) is 11.5 Å². The summed E-state index contributed by atoms with van der Waals surface area (Å²) in [5.41, 5.74) is 0.993. The first-order chi connectivity index (χ1) is 7.24. The number of aryl methyl sites for hydroxylation is 1. The minimum Gasteiger partial charge on any atom is -0.493 e. The molecule has 84 valence electrons. The molecule has 0 unspecified atom stereocenters. The van der Waals surface area contributed by atoms with Gasteiger partial charge in [0.2, 0.25) is 0 Å². The third-order valence-electron chi connectivity index (χ3n) is 2.16. The van der Waals surface area contributed by atoms with Crippen LogP contribution in [0.25, 0.3) is 0 Å². The lowest BCUT2D eigenvalue weighted by atomic mass is 10.1. The fraction of sp³-hybridized carbons (Fsp3) is 0.455. The van der Waals surface area contributed by atoms with Crippen LogP contribution in [-0.4, -0.2) is 25.9 Å². The van der Waals surface area contributed by atoms with Gasteiger partial charge >= 0.3 is 0 Å². The standard InChI is InChI=1S/C11H15ClO3/c1-14-10-8(4-3-7-13)5-6-9(12)11(10)15-2/h5-6,13H,3-4,7H2,1-2H3. The van der Waals surface area contributed by atoms with E-state index in [0.29, 0.717) is 22.9 Å². The van der Waals surface area contributed by atoms with E-state index >= 15 is 0 Å². The van der Waals surface area contributed by atoms with Gasteiger partial charge in [-0.3, -0.25) is 0 Å². The Bertz CT molecular complexity index is 326. The number of rotatable bonds is 5. The van der Waals surface area contributed by atoms with E-state index in [1.54, 1.807) is 20.3 Å². The SMILES string of the molecule is COc1c(Cl)ccc(CCCO)c1OC. The molecular formula is C11H15ClO3. The summed E-state index contributed by atoms with van der Waals surface area (Å²) in [7, 11) is 3.14. The molecule has 0 aliphatic rings. The molecule has 4 heteroatoms. The van der Waals surface area contributed by atoms with Gasteiger partial charge in [0.25, 0.3) is 0 Å². The van der Waals surface area contributed by atoms with Crippen LogP contribution in [0.3, 0.4) is 0 Å². The summed E-state index contributed by atoms with van der Waals surface area (Å²) in [6.07, 6.45) is 1.44. The number of methoxy groups -OCH3 is 2. The van der Waals surface area contributed by atoms with Crippen LogP contribution in [0.1, 0.15) is 12.0 Å². The minimum absolute atomic E-state index is 0.161. The van der Waals surface area contributed by atoms with Crippen LogP contribution in [0.15, 0.2) is 12.1 Å². The average molecular weight is 231 g/mol. The highest BCUT2D eigenvalue weighted by Crippen LogP contribution is 2.38. The summed E-state index contributed by atoms with van der Waals surface area (Å²) in [4.78, 5) is 0. The highest BCUT2D eigenvalue weighted by Gasteiger charge is 2.13. The van der Waals surface area contributed by atoms with Crippen molar-refractivity contribution in [2.24, 2.45) is 0 Å². The van der Waals surface area contributed by atoms with Crippen LogP contribution in [-0.2, 0) is 6.42 Å². The Hall–Kier alpha value is -0.930. The molecule has 0 aliphatic carbocycles. The Morgan fingerprint density at radius 2 is 1.87 bits per heavy atom. The molecule has 0 radical (unpaired) electrons. The summed E-state index contributed by atoms with van der Waals surface area (Å²) in [6.45, 7) is 0.161. The molecule has 1 aromatic carbocycles. The predicted molar refractivity (Wildman–Crippen MR) is 60.0 cm³/mol. The summed E-state index contributed by atoms with van der Waals surface area (Å²) < 4.78 is 10.4. The predicted octanol–water partition coefficient (Wildman–Crippen LogP) is 2.28. The van der Waals surface area contributed by atoms with Crippen LogP contribution in [0.2, 0.25) is 5.02 Å². The fourth-order valence-corrected chi connectivity index (χ4v) is 1.69. The van der Waals surface area contributed by atoms with Crippen molar-refractivity contribution in [3.05, 3.63) is 22.7 Å². The van der Waals surface area contributed by atoms with Crippen LogP contribution in [0, 0.1) is 0 Å². The number of aliphatic hydroxyl groups excluding tert-OH is 1. The number of hydrogen-bond donors (Lipinski definition) is 1. The molecule has 0 atom stereocenters. The maximum atomic E-state index is 8.77. The Morgan fingerprint density at radius 3 is 2.40 bits per heavy atom. The van der Waals surface area contributed by atoms with Crippen LogP contribution in [0.5, 0.6) is 11.5 Å². The van der Waals surface area contributed by atoms with Crippen molar-refractivity contribution in [2.45, 2.75) is 12.8 Å². The van der Waals surface area contributed by atoms with Crippen molar-refractivity contribution in [3.63, 3.8) is 0 Å². The quantitative estimate of drug-likeness (QED) is 0.844. The monoisotopic (exact) mass is 230 g/mol. The zero-order chi connectivity index (χ0) is 11.3. The Labute approximate surface area is 94.6 Å². The number of halogens is 1. The van der Waals surface area contributed by atoms with Crippen LogP contribution in [0.4, 0.5) is 0 Å². The van der Waals surface area contributed by atoms with Gasteiger partial charge in [0, 0.05) is 6.61 Å². The van der Waals surface area contributed by atoms with Gasteiger partial charge in [-0.1, -0.05) is 17.7 Å². The van der Waals surface area contributed by atoms with E-state index in [0.717, 1.165) is 12.0 Å². The van der Waals surface area contributed by atoms with E-state index in [-0.39, 0.29) is 6.61 Å². The molecule has 0 saturated heterocycles. The van der Waals surface area contributed by atoms with Gasteiger partial charge in [-0.15, -0.1) is 0 Å². The zero-order valence-electron chi connectivity index (χ0n) is 8.92.